The van der Waals surface area contributed by atoms with E-state index in [4.69, 9.17) is 4.74 Å². The Bertz CT molecular complexity index is 635. The molecule has 2 rings (SSSR count). The number of hydrogen-bond donors (Lipinski definition) is 1. The predicted octanol–water partition coefficient (Wildman–Crippen LogP) is 3.08. The number of aromatic nitrogens is 2. The molecule has 5 heteroatoms. The summed E-state index contributed by atoms with van der Waals surface area (Å²) >= 11 is 0. The molecule has 0 saturated heterocycles. The molecule has 1 aromatic heterocycles. The molecule has 1 heterocycles. The highest BCUT2D eigenvalue weighted by Crippen LogP contribution is 2.18. The maximum atomic E-state index is 12.3. The zero-order valence-electron chi connectivity index (χ0n) is 13.6. The molecule has 0 spiro atoms. The maximum absolute atomic E-state index is 12.3. The lowest BCUT2D eigenvalue weighted by Gasteiger charge is -2.13. The molecular weight excluding hydrogens is 278 g/mol. The summed E-state index contributed by atoms with van der Waals surface area (Å²) in [4.78, 5) is 12.3. The number of nitrogens with zero attached hydrogens (tertiary/aromatic N) is 2. The van der Waals surface area contributed by atoms with Gasteiger partial charge in [-0.25, -0.2) is 0 Å². The van der Waals surface area contributed by atoms with Crippen LogP contribution in [0.5, 0.6) is 5.75 Å². The minimum atomic E-state index is -0.127. The summed E-state index contributed by atoms with van der Waals surface area (Å²) in [5.41, 5.74) is 1.93. The molecule has 118 valence electrons. The Hall–Kier alpha value is -2.30. The van der Waals surface area contributed by atoms with E-state index in [1.165, 1.54) is 0 Å². The molecule has 0 saturated carbocycles. The van der Waals surface area contributed by atoms with Crippen LogP contribution in [0.3, 0.4) is 0 Å². The molecule has 1 unspecified atom stereocenters. The third-order valence-corrected chi connectivity index (χ3v) is 3.77. The van der Waals surface area contributed by atoms with Crippen molar-refractivity contribution in [3.8, 4) is 5.75 Å². The van der Waals surface area contributed by atoms with Crippen LogP contribution in [-0.4, -0.2) is 22.3 Å². The number of rotatable bonds is 6. The summed E-state index contributed by atoms with van der Waals surface area (Å²) < 4.78 is 7.34. The molecule has 1 aromatic carbocycles. The Kier molecular flexibility index (Phi) is 5.20. The SMILES string of the molecule is Cc1nn(C)c(NC(=O)C(C)CCOc2ccccc2)c1C. The fourth-order valence-electron chi connectivity index (χ4n) is 2.18. The molecule has 0 radical (unpaired) electrons. The van der Waals surface area contributed by atoms with E-state index in [1.54, 1.807) is 4.68 Å². The zero-order chi connectivity index (χ0) is 16.1. The van der Waals surface area contributed by atoms with Gasteiger partial charge in [0.25, 0.3) is 0 Å². The fraction of sp³-hybridized carbons (Fsp3) is 0.412. The smallest absolute Gasteiger partial charge is 0.228 e. The van der Waals surface area contributed by atoms with Crippen LogP contribution >= 0.6 is 0 Å². The third-order valence-electron chi connectivity index (χ3n) is 3.77. The van der Waals surface area contributed by atoms with Crippen LogP contribution in [0.2, 0.25) is 0 Å². The number of benzene rings is 1. The highest BCUT2D eigenvalue weighted by molar-refractivity contribution is 5.92. The summed E-state index contributed by atoms with van der Waals surface area (Å²) in [5.74, 6) is 1.45. The van der Waals surface area contributed by atoms with E-state index in [9.17, 15) is 4.79 Å². The first kappa shape index (κ1) is 16.1. The van der Waals surface area contributed by atoms with E-state index < -0.39 is 0 Å². The van der Waals surface area contributed by atoms with E-state index in [1.807, 2.05) is 58.2 Å². The van der Waals surface area contributed by atoms with Crippen molar-refractivity contribution < 1.29 is 9.53 Å². The van der Waals surface area contributed by atoms with Gasteiger partial charge in [-0.05, 0) is 32.4 Å². The van der Waals surface area contributed by atoms with Crippen molar-refractivity contribution in [3.05, 3.63) is 41.6 Å². The summed E-state index contributed by atoms with van der Waals surface area (Å²) in [6, 6.07) is 9.62. The predicted molar refractivity (Wildman–Crippen MR) is 87.0 cm³/mol. The van der Waals surface area contributed by atoms with Gasteiger partial charge < -0.3 is 10.1 Å². The van der Waals surface area contributed by atoms with Crippen LogP contribution in [0.1, 0.15) is 24.6 Å². The molecule has 1 amide bonds. The van der Waals surface area contributed by atoms with Crippen LogP contribution in [0, 0.1) is 19.8 Å². The summed E-state index contributed by atoms with van der Waals surface area (Å²) in [5, 5.41) is 7.26. The van der Waals surface area contributed by atoms with E-state index in [0.29, 0.717) is 13.0 Å². The lowest BCUT2D eigenvalue weighted by molar-refractivity contribution is -0.119. The van der Waals surface area contributed by atoms with Crippen molar-refractivity contribution in [1.29, 1.82) is 0 Å². The van der Waals surface area contributed by atoms with E-state index in [2.05, 4.69) is 10.4 Å². The van der Waals surface area contributed by atoms with Gasteiger partial charge >= 0.3 is 0 Å². The Labute approximate surface area is 131 Å². The first-order valence-corrected chi connectivity index (χ1v) is 7.48. The van der Waals surface area contributed by atoms with Crippen molar-refractivity contribution in [2.24, 2.45) is 13.0 Å². The van der Waals surface area contributed by atoms with Crippen molar-refractivity contribution in [3.63, 3.8) is 0 Å². The Morgan fingerprint density at radius 1 is 1.32 bits per heavy atom. The van der Waals surface area contributed by atoms with Crippen LogP contribution in [-0.2, 0) is 11.8 Å². The van der Waals surface area contributed by atoms with Gasteiger partial charge in [-0.2, -0.15) is 5.10 Å². The maximum Gasteiger partial charge on any atom is 0.228 e. The van der Waals surface area contributed by atoms with Gasteiger partial charge in [0.15, 0.2) is 0 Å². The molecule has 5 nitrogen and oxygen atoms in total. The van der Waals surface area contributed by atoms with Crippen molar-refractivity contribution in [2.45, 2.75) is 27.2 Å². The molecule has 1 N–H and O–H groups in total. The van der Waals surface area contributed by atoms with Crippen molar-refractivity contribution in [1.82, 2.24) is 9.78 Å². The zero-order valence-corrected chi connectivity index (χ0v) is 13.6. The second kappa shape index (κ2) is 7.11. The van der Waals surface area contributed by atoms with Crippen molar-refractivity contribution in [2.75, 3.05) is 11.9 Å². The van der Waals surface area contributed by atoms with Gasteiger partial charge in [0.05, 0.1) is 12.3 Å². The number of aryl methyl sites for hydroxylation is 2. The van der Waals surface area contributed by atoms with Gasteiger partial charge in [-0.3, -0.25) is 9.48 Å². The second-order valence-electron chi connectivity index (χ2n) is 5.52. The second-order valence-corrected chi connectivity index (χ2v) is 5.52. The van der Waals surface area contributed by atoms with Crippen LogP contribution in [0.15, 0.2) is 30.3 Å². The number of anilines is 1. The first-order valence-electron chi connectivity index (χ1n) is 7.48. The number of carbonyl (C=O) groups is 1. The quantitative estimate of drug-likeness (QED) is 0.892. The largest absolute Gasteiger partial charge is 0.494 e. The van der Waals surface area contributed by atoms with Crippen molar-refractivity contribution >= 4 is 11.7 Å². The average Bonchev–Trinajstić information content (AvgIpc) is 2.74. The molecule has 0 fully saturated rings. The fourth-order valence-corrected chi connectivity index (χ4v) is 2.18. The number of ether oxygens (including phenoxy) is 1. The summed E-state index contributed by atoms with van der Waals surface area (Å²) in [6.07, 6.45) is 0.663. The highest BCUT2D eigenvalue weighted by atomic mass is 16.5. The molecule has 0 aliphatic heterocycles. The number of para-hydroxylation sites is 1. The van der Waals surface area contributed by atoms with Gasteiger partial charge in [0.2, 0.25) is 5.91 Å². The minimum absolute atomic E-state index is 0.0113. The van der Waals surface area contributed by atoms with Gasteiger partial charge in [0.1, 0.15) is 11.6 Å². The highest BCUT2D eigenvalue weighted by Gasteiger charge is 2.17. The van der Waals surface area contributed by atoms with Crippen LogP contribution in [0.25, 0.3) is 0 Å². The average molecular weight is 301 g/mol. The number of amides is 1. The molecule has 0 aliphatic carbocycles. The molecule has 1 atom stereocenters. The number of hydrogen-bond acceptors (Lipinski definition) is 3. The van der Waals surface area contributed by atoms with E-state index in [-0.39, 0.29) is 11.8 Å². The van der Waals surface area contributed by atoms with Crippen LogP contribution < -0.4 is 10.1 Å². The number of carbonyl (C=O) groups excluding carboxylic acids is 1. The molecule has 0 aliphatic rings. The molecule has 22 heavy (non-hydrogen) atoms. The standard InChI is InChI=1S/C17H23N3O2/c1-12(10-11-22-15-8-6-5-7-9-15)17(21)18-16-13(2)14(3)19-20(16)4/h5-9,12H,10-11H2,1-4H3,(H,18,21). The Balaban J connectivity index is 1.84. The van der Waals surface area contributed by atoms with Crippen LogP contribution in [0.4, 0.5) is 5.82 Å². The third kappa shape index (κ3) is 3.87. The van der Waals surface area contributed by atoms with E-state index >= 15 is 0 Å². The summed E-state index contributed by atoms with van der Waals surface area (Å²) in [6.45, 7) is 6.31. The lowest BCUT2D eigenvalue weighted by atomic mass is 10.1. The molecular formula is C17H23N3O2. The lowest BCUT2D eigenvalue weighted by Crippen LogP contribution is -2.23. The van der Waals surface area contributed by atoms with Gasteiger partial charge in [0, 0.05) is 18.5 Å². The topological polar surface area (TPSA) is 56.2 Å². The van der Waals surface area contributed by atoms with E-state index in [0.717, 1.165) is 22.8 Å². The number of nitrogens with one attached hydrogen (secondary N) is 1. The minimum Gasteiger partial charge on any atom is -0.494 e. The molecule has 0 bridgehead atoms. The first-order chi connectivity index (χ1) is 10.5. The molecule has 2 aromatic rings. The monoisotopic (exact) mass is 301 g/mol. The van der Waals surface area contributed by atoms with Gasteiger partial charge in [-0.1, -0.05) is 25.1 Å². The normalized spacial score (nSPS) is 12.0. The Morgan fingerprint density at radius 3 is 2.59 bits per heavy atom. The van der Waals surface area contributed by atoms with Gasteiger partial charge in [-0.15, -0.1) is 0 Å². The Morgan fingerprint density at radius 2 is 2.00 bits per heavy atom. The summed E-state index contributed by atoms with van der Waals surface area (Å²) in [7, 11) is 1.83.